The Balaban J connectivity index is 2.14. The monoisotopic (exact) mass is 504 g/mol. The van der Waals surface area contributed by atoms with Crippen LogP contribution >= 0.6 is 0 Å². The first-order valence-electron chi connectivity index (χ1n) is 13.3. The zero-order chi connectivity index (χ0) is 27.9. The Labute approximate surface area is 234 Å². The maximum Gasteiger partial charge on any atom is -0.00203 e. The lowest BCUT2D eigenvalue weighted by atomic mass is 9.80. The van der Waals surface area contributed by atoms with E-state index in [-0.39, 0.29) is 0 Å². The quantitative estimate of drug-likeness (QED) is 0.188. The largest absolute Gasteiger partial charge is 0.0990 e. The Bertz CT molecular complexity index is 1640. The van der Waals surface area contributed by atoms with Crippen LogP contribution in [0.5, 0.6) is 0 Å². The molecule has 4 aromatic rings. The van der Waals surface area contributed by atoms with Crippen molar-refractivity contribution in [2.24, 2.45) is 5.92 Å². The summed E-state index contributed by atoms with van der Waals surface area (Å²) in [6.45, 7) is 25.2. The van der Waals surface area contributed by atoms with Crippen molar-refractivity contribution in [2.75, 3.05) is 0 Å². The molecule has 4 rings (SSSR count). The van der Waals surface area contributed by atoms with Gasteiger partial charge in [-0.25, -0.2) is 0 Å². The van der Waals surface area contributed by atoms with Crippen LogP contribution in [0.3, 0.4) is 0 Å². The molecule has 0 nitrogen and oxygen atoms in total. The molecule has 0 saturated heterocycles. The zero-order valence-corrected chi connectivity index (χ0v) is 23.1. The SMILES string of the molecule is C=C/C=C(\C=C/C(C)C)c1ccc(-c2c(C=C)c(C=C)c(-c3ccccc3)c3ccccc23)c(C=C)c1C=C. The van der Waals surface area contributed by atoms with Crippen LogP contribution in [0, 0.1) is 5.92 Å². The van der Waals surface area contributed by atoms with E-state index in [1.165, 1.54) is 5.39 Å². The van der Waals surface area contributed by atoms with Crippen molar-refractivity contribution in [1.82, 2.24) is 0 Å². The highest BCUT2D eigenvalue weighted by Gasteiger charge is 2.21. The van der Waals surface area contributed by atoms with Gasteiger partial charge in [-0.15, -0.1) is 0 Å². The van der Waals surface area contributed by atoms with Crippen molar-refractivity contribution in [2.45, 2.75) is 13.8 Å². The standard InChI is InChI=1S/C39H36/c1-8-18-28(24-23-27(6)7)34-25-26-37(31(10-3)30(34)9-2)39-33(12-5)32(11-4)38(29-19-14-13-15-20-29)35-21-16-17-22-36(35)39/h8-27H,1-5H2,6-7H3/b24-23-,28-18+. The van der Waals surface area contributed by atoms with Gasteiger partial charge in [0.05, 0.1) is 0 Å². The molecule has 4 aromatic carbocycles. The van der Waals surface area contributed by atoms with Crippen LogP contribution < -0.4 is 0 Å². The number of fused-ring (bicyclic) bond motifs is 1. The van der Waals surface area contributed by atoms with Crippen molar-refractivity contribution < 1.29 is 0 Å². The number of hydrogen-bond donors (Lipinski definition) is 0. The van der Waals surface area contributed by atoms with Crippen molar-refractivity contribution in [3.8, 4) is 22.3 Å². The van der Waals surface area contributed by atoms with Crippen LogP contribution in [0.25, 0.3) is 62.9 Å². The molecule has 0 unspecified atom stereocenters. The number of allylic oxidation sites excluding steroid dienone is 5. The van der Waals surface area contributed by atoms with Crippen LogP contribution in [0.1, 0.15) is 41.7 Å². The van der Waals surface area contributed by atoms with Crippen LogP contribution in [0.15, 0.2) is 124 Å². The lowest BCUT2D eigenvalue weighted by Crippen LogP contribution is -2.00. The summed E-state index contributed by atoms with van der Waals surface area (Å²) in [4.78, 5) is 0. The predicted octanol–water partition coefficient (Wildman–Crippen LogP) is 11.5. The van der Waals surface area contributed by atoms with Crippen molar-refractivity contribution in [3.05, 3.63) is 152 Å². The van der Waals surface area contributed by atoms with E-state index < -0.39 is 0 Å². The number of rotatable bonds is 10. The van der Waals surface area contributed by atoms with Gasteiger partial charge in [0.25, 0.3) is 0 Å². The topological polar surface area (TPSA) is 0 Å². The molecule has 0 N–H and O–H groups in total. The fourth-order valence-electron chi connectivity index (χ4n) is 5.31. The fraction of sp³-hybridized carbons (Fsp3) is 0.0769. The van der Waals surface area contributed by atoms with E-state index in [2.05, 4.69) is 120 Å². The van der Waals surface area contributed by atoms with Gasteiger partial charge in [0.2, 0.25) is 0 Å². The van der Waals surface area contributed by atoms with Gasteiger partial charge in [-0.3, -0.25) is 0 Å². The minimum atomic E-state index is 0.436. The average molecular weight is 505 g/mol. The Morgan fingerprint density at radius 2 is 1.18 bits per heavy atom. The smallest absolute Gasteiger partial charge is 0.00203 e. The molecule has 192 valence electrons. The van der Waals surface area contributed by atoms with Gasteiger partial charge in [-0.1, -0.05) is 162 Å². The first-order valence-corrected chi connectivity index (χ1v) is 13.3. The Kier molecular flexibility index (Phi) is 8.59. The fourth-order valence-corrected chi connectivity index (χ4v) is 5.31. The molecule has 0 heteroatoms. The van der Waals surface area contributed by atoms with E-state index in [0.717, 1.165) is 61.0 Å². The molecule has 0 heterocycles. The highest BCUT2D eigenvalue weighted by atomic mass is 14.2. The third kappa shape index (κ3) is 5.19. The molecule has 0 aliphatic heterocycles. The van der Waals surface area contributed by atoms with Gasteiger partial charge in [-0.2, -0.15) is 0 Å². The molecular formula is C39H36. The summed E-state index contributed by atoms with van der Waals surface area (Å²) in [7, 11) is 0. The van der Waals surface area contributed by atoms with E-state index in [1.807, 2.05) is 42.5 Å². The van der Waals surface area contributed by atoms with E-state index in [0.29, 0.717) is 5.92 Å². The van der Waals surface area contributed by atoms with Crippen LogP contribution in [-0.4, -0.2) is 0 Å². The molecule has 0 radical (unpaired) electrons. The van der Waals surface area contributed by atoms with Crippen LogP contribution in [0.4, 0.5) is 0 Å². The molecule has 0 saturated carbocycles. The molecule has 0 fully saturated rings. The zero-order valence-electron chi connectivity index (χ0n) is 23.1. The summed E-state index contributed by atoms with van der Waals surface area (Å²) >= 11 is 0. The molecule has 0 amide bonds. The highest BCUT2D eigenvalue weighted by molar-refractivity contribution is 6.12. The van der Waals surface area contributed by atoms with Crippen LogP contribution in [-0.2, 0) is 0 Å². The second-order valence-electron chi connectivity index (χ2n) is 9.75. The second-order valence-corrected chi connectivity index (χ2v) is 9.75. The third-order valence-electron chi connectivity index (χ3n) is 7.00. The van der Waals surface area contributed by atoms with Crippen molar-refractivity contribution >= 4 is 40.6 Å². The van der Waals surface area contributed by atoms with Crippen molar-refractivity contribution in [1.29, 1.82) is 0 Å². The average Bonchev–Trinajstić information content (AvgIpc) is 2.97. The first-order chi connectivity index (χ1) is 19.0. The van der Waals surface area contributed by atoms with E-state index in [1.54, 1.807) is 0 Å². The predicted molar refractivity (Wildman–Crippen MR) is 177 cm³/mol. The van der Waals surface area contributed by atoms with Gasteiger partial charge in [0, 0.05) is 0 Å². The molecule has 0 atom stereocenters. The lowest BCUT2D eigenvalue weighted by molar-refractivity contribution is 0.832. The van der Waals surface area contributed by atoms with Gasteiger partial charge in [0.15, 0.2) is 0 Å². The normalized spacial score (nSPS) is 11.6. The third-order valence-corrected chi connectivity index (χ3v) is 7.00. The molecule has 0 aliphatic rings. The second kappa shape index (κ2) is 12.2. The molecule has 0 aliphatic carbocycles. The highest BCUT2D eigenvalue weighted by Crippen LogP contribution is 2.45. The summed E-state index contributed by atoms with van der Waals surface area (Å²) in [6.07, 6.45) is 16.0. The molecule has 0 aromatic heterocycles. The summed E-state index contributed by atoms with van der Waals surface area (Å²) in [5, 5.41) is 2.33. The van der Waals surface area contributed by atoms with Gasteiger partial charge in [-0.05, 0) is 72.3 Å². The summed E-state index contributed by atoms with van der Waals surface area (Å²) < 4.78 is 0. The van der Waals surface area contributed by atoms with Crippen LogP contribution in [0.2, 0.25) is 0 Å². The Morgan fingerprint density at radius 1 is 0.615 bits per heavy atom. The van der Waals surface area contributed by atoms with E-state index in [4.69, 9.17) is 0 Å². The summed E-state index contributed by atoms with van der Waals surface area (Å²) in [5.41, 5.74) is 10.9. The Morgan fingerprint density at radius 3 is 1.74 bits per heavy atom. The molecular weight excluding hydrogens is 468 g/mol. The van der Waals surface area contributed by atoms with Crippen molar-refractivity contribution in [3.63, 3.8) is 0 Å². The van der Waals surface area contributed by atoms with E-state index in [9.17, 15) is 0 Å². The molecule has 0 bridgehead atoms. The van der Waals surface area contributed by atoms with E-state index >= 15 is 0 Å². The summed E-state index contributed by atoms with van der Waals surface area (Å²) in [6, 6.07) is 23.5. The molecule has 0 spiro atoms. The minimum absolute atomic E-state index is 0.436. The van der Waals surface area contributed by atoms with Gasteiger partial charge in [0.1, 0.15) is 0 Å². The first kappa shape index (κ1) is 27.4. The van der Waals surface area contributed by atoms with Gasteiger partial charge < -0.3 is 0 Å². The maximum absolute atomic E-state index is 4.25. The summed E-state index contributed by atoms with van der Waals surface area (Å²) in [5.74, 6) is 0.436. The lowest BCUT2D eigenvalue weighted by Gasteiger charge is -2.23. The minimum Gasteiger partial charge on any atom is -0.0990 e. The number of hydrogen-bond acceptors (Lipinski definition) is 0. The van der Waals surface area contributed by atoms with Gasteiger partial charge >= 0.3 is 0 Å². The molecule has 39 heavy (non-hydrogen) atoms. The maximum atomic E-state index is 4.25. The Hall–Kier alpha value is -4.68. The number of benzene rings is 4.